The van der Waals surface area contributed by atoms with E-state index < -0.39 is 6.10 Å². The van der Waals surface area contributed by atoms with E-state index in [0.29, 0.717) is 5.92 Å². The topological polar surface area (TPSA) is 55.0 Å². The molecule has 1 fully saturated rings. The minimum Gasteiger partial charge on any atom is -0.412 e. The molecule has 4 heteroatoms. The van der Waals surface area contributed by atoms with Gasteiger partial charge in [-0.15, -0.1) is 0 Å². The van der Waals surface area contributed by atoms with Crippen LogP contribution in [0.5, 0.6) is 0 Å². The third-order valence-corrected chi connectivity index (χ3v) is 5.08. The quantitative estimate of drug-likeness (QED) is 0.872. The molecule has 0 amide bonds. The Morgan fingerprint density at radius 1 is 1.00 bits per heavy atom. The summed E-state index contributed by atoms with van der Waals surface area (Å²) in [5, 5.41) is 10.3. The number of hydrogen-bond acceptors (Lipinski definition) is 2. The van der Waals surface area contributed by atoms with Gasteiger partial charge in [0.1, 0.15) is 5.82 Å². The number of piperidine rings is 1. The van der Waals surface area contributed by atoms with Crippen molar-refractivity contribution in [1.82, 2.24) is 4.90 Å². The summed E-state index contributed by atoms with van der Waals surface area (Å²) in [4.78, 5) is 2.52. The van der Waals surface area contributed by atoms with Crippen molar-refractivity contribution in [2.45, 2.75) is 31.8 Å². The number of nitrogens with zero attached hydrogens (tertiary/aromatic N) is 1. The highest BCUT2D eigenvalue weighted by Crippen LogP contribution is 2.28. The van der Waals surface area contributed by atoms with E-state index in [1.807, 2.05) is 0 Å². The van der Waals surface area contributed by atoms with Gasteiger partial charge in [0.2, 0.25) is 0 Å². The van der Waals surface area contributed by atoms with Crippen molar-refractivity contribution >= 4 is 0 Å². The van der Waals surface area contributed by atoms with Gasteiger partial charge in [0, 0.05) is 6.54 Å². The molecule has 136 valence electrons. The fraction of sp³-hybridized carbons (Fsp3) is 0.429. The maximum atomic E-state index is 13.0. The maximum Gasteiger partial charge on any atom is 0.123 e. The standard InChI is InChI=1S/C21H26FNO.H2O/c22-20-8-6-19(7-9-20)21(24)16-18-11-14-23(15-12-18)13-10-17-4-2-1-3-5-17;/h1-9,18,21,24H,10-16H2;1H2. The van der Waals surface area contributed by atoms with Gasteiger partial charge in [-0.25, -0.2) is 4.39 Å². The Bertz CT molecular complexity index is 610. The largest absolute Gasteiger partial charge is 0.412 e. The van der Waals surface area contributed by atoms with Crippen molar-refractivity contribution in [2.24, 2.45) is 5.92 Å². The molecule has 1 heterocycles. The minimum absolute atomic E-state index is 0. The Morgan fingerprint density at radius 3 is 2.28 bits per heavy atom. The number of aliphatic hydroxyl groups is 1. The van der Waals surface area contributed by atoms with Gasteiger partial charge in [-0.3, -0.25) is 0 Å². The van der Waals surface area contributed by atoms with Gasteiger partial charge in [0.25, 0.3) is 0 Å². The van der Waals surface area contributed by atoms with Crippen LogP contribution in [0.1, 0.15) is 36.5 Å². The fourth-order valence-electron chi connectivity index (χ4n) is 3.51. The van der Waals surface area contributed by atoms with Crippen LogP contribution in [-0.4, -0.2) is 35.1 Å². The molecular formula is C21H28FNO2. The average Bonchev–Trinajstić information content (AvgIpc) is 2.62. The molecule has 1 unspecified atom stereocenters. The first-order valence-corrected chi connectivity index (χ1v) is 8.90. The van der Waals surface area contributed by atoms with Crippen LogP contribution in [0.4, 0.5) is 4.39 Å². The fourth-order valence-corrected chi connectivity index (χ4v) is 3.51. The summed E-state index contributed by atoms with van der Waals surface area (Å²) >= 11 is 0. The second-order valence-electron chi connectivity index (χ2n) is 6.82. The molecule has 1 saturated heterocycles. The molecule has 3 nitrogen and oxygen atoms in total. The molecule has 3 rings (SSSR count). The summed E-state index contributed by atoms with van der Waals surface area (Å²) in [6, 6.07) is 16.8. The third-order valence-electron chi connectivity index (χ3n) is 5.08. The molecule has 2 aromatic rings. The van der Waals surface area contributed by atoms with E-state index in [1.165, 1.54) is 17.7 Å². The minimum atomic E-state index is -0.480. The van der Waals surface area contributed by atoms with Crippen LogP contribution in [0.15, 0.2) is 54.6 Å². The Balaban J connectivity index is 0.00000225. The molecular weight excluding hydrogens is 317 g/mol. The molecule has 0 radical (unpaired) electrons. The predicted octanol–water partition coefficient (Wildman–Crippen LogP) is 3.38. The van der Waals surface area contributed by atoms with Gasteiger partial charge in [0.15, 0.2) is 0 Å². The van der Waals surface area contributed by atoms with Gasteiger partial charge in [-0.05, 0) is 68.0 Å². The number of rotatable bonds is 6. The maximum absolute atomic E-state index is 13.0. The Kier molecular flexibility index (Phi) is 7.56. The van der Waals surface area contributed by atoms with E-state index in [-0.39, 0.29) is 11.3 Å². The van der Waals surface area contributed by atoms with E-state index in [0.717, 1.165) is 50.9 Å². The summed E-state index contributed by atoms with van der Waals surface area (Å²) < 4.78 is 13.0. The lowest BCUT2D eigenvalue weighted by atomic mass is 9.89. The first-order chi connectivity index (χ1) is 11.7. The zero-order chi connectivity index (χ0) is 16.8. The Morgan fingerprint density at radius 2 is 1.64 bits per heavy atom. The van der Waals surface area contributed by atoms with Gasteiger partial charge in [0.05, 0.1) is 6.10 Å². The van der Waals surface area contributed by atoms with Crippen molar-refractivity contribution in [3.63, 3.8) is 0 Å². The normalized spacial score (nSPS) is 17.0. The second-order valence-corrected chi connectivity index (χ2v) is 6.82. The first-order valence-electron chi connectivity index (χ1n) is 8.90. The van der Waals surface area contributed by atoms with Crippen LogP contribution in [0, 0.1) is 11.7 Å². The van der Waals surface area contributed by atoms with Crippen molar-refractivity contribution in [1.29, 1.82) is 0 Å². The lowest BCUT2D eigenvalue weighted by molar-refractivity contribution is 0.108. The number of likely N-dealkylation sites (tertiary alicyclic amines) is 1. The van der Waals surface area contributed by atoms with Crippen LogP contribution < -0.4 is 0 Å². The first kappa shape index (κ1) is 19.6. The van der Waals surface area contributed by atoms with Crippen molar-refractivity contribution in [3.05, 3.63) is 71.5 Å². The highest BCUT2D eigenvalue weighted by atomic mass is 19.1. The molecule has 1 aliphatic rings. The molecule has 0 saturated carbocycles. The lowest BCUT2D eigenvalue weighted by Gasteiger charge is -2.33. The number of halogens is 1. The van der Waals surface area contributed by atoms with Gasteiger partial charge < -0.3 is 15.5 Å². The van der Waals surface area contributed by atoms with Crippen molar-refractivity contribution in [3.8, 4) is 0 Å². The summed E-state index contributed by atoms with van der Waals surface area (Å²) in [5.74, 6) is 0.302. The molecule has 25 heavy (non-hydrogen) atoms. The van der Waals surface area contributed by atoms with Crippen LogP contribution in [0.2, 0.25) is 0 Å². The summed E-state index contributed by atoms with van der Waals surface area (Å²) in [6.45, 7) is 3.32. The van der Waals surface area contributed by atoms with Crippen molar-refractivity contribution in [2.75, 3.05) is 19.6 Å². The molecule has 1 aliphatic heterocycles. The molecule has 2 aromatic carbocycles. The Hall–Kier alpha value is -1.75. The lowest BCUT2D eigenvalue weighted by Crippen LogP contribution is -2.35. The zero-order valence-corrected chi connectivity index (χ0v) is 14.6. The predicted molar refractivity (Wildman–Crippen MR) is 98.9 cm³/mol. The van der Waals surface area contributed by atoms with E-state index >= 15 is 0 Å². The summed E-state index contributed by atoms with van der Waals surface area (Å²) in [6.07, 6.45) is 3.66. The highest BCUT2D eigenvalue weighted by Gasteiger charge is 2.22. The SMILES string of the molecule is O.OC(CC1CCN(CCc2ccccc2)CC1)c1ccc(F)cc1. The van der Waals surface area contributed by atoms with Crippen LogP contribution >= 0.6 is 0 Å². The number of hydrogen-bond donors (Lipinski definition) is 1. The molecule has 1 atom stereocenters. The summed E-state index contributed by atoms with van der Waals surface area (Å²) in [5.41, 5.74) is 2.22. The molecule has 0 aromatic heterocycles. The third kappa shape index (κ3) is 5.92. The van der Waals surface area contributed by atoms with Crippen LogP contribution in [0.3, 0.4) is 0 Å². The second kappa shape index (κ2) is 9.66. The monoisotopic (exact) mass is 345 g/mol. The van der Waals surface area contributed by atoms with Gasteiger partial charge in [-0.2, -0.15) is 0 Å². The average molecular weight is 345 g/mol. The van der Waals surface area contributed by atoms with Gasteiger partial charge in [-0.1, -0.05) is 42.5 Å². The highest BCUT2D eigenvalue weighted by molar-refractivity contribution is 5.18. The molecule has 0 aliphatic carbocycles. The number of benzene rings is 2. The summed E-state index contributed by atoms with van der Waals surface area (Å²) in [7, 11) is 0. The van der Waals surface area contributed by atoms with Gasteiger partial charge >= 0.3 is 0 Å². The number of aliphatic hydroxyl groups excluding tert-OH is 1. The molecule has 0 bridgehead atoms. The van der Waals surface area contributed by atoms with E-state index in [4.69, 9.17) is 0 Å². The van der Waals surface area contributed by atoms with Crippen LogP contribution in [0.25, 0.3) is 0 Å². The van der Waals surface area contributed by atoms with E-state index in [9.17, 15) is 9.50 Å². The van der Waals surface area contributed by atoms with E-state index in [2.05, 4.69) is 35.2 Å². The molecule has 0 spiro atoms. The smallest absolute Gasteiger partial charge is 0.123 e. The van der Waals surface area contributed by atoms with Crippen LogP contribution in [-0.2, 0) is 6.42 Å². The van der Waals surface area contributed by atoms with E-state index in [1.54, 1.807) is 12.1 Å². The molecule has 3 N–H and O–H groups in total. The van der Waals surface area contributed by atoms with Crippen molar-refractivity contribution < 1.29 is 15.0 Å². The Labute approximate surface area is 149 Å². The zero-order valence-electron chi connectivity index (χ0n) is 14.6.